The lowest BCUT2D eigenvalue weighted by Crippen LogP contribution is -2.40. The molecule has 1 rings (SSSR count). The summed E-state index contributed by atoms with van der Waals surface area (Å²) in [4.78, 5) is 2.44. The van der Waals surface area contributed by atoms with E-state index in [9.17, 15) is 0 Å². The third-order valence-electron chi connectivity index (χ3n) is 2.29. The summed E-state index contributed by atoms with van der Waals surface area (Å²) < 4.78 is 5.56. The van der Waals surface area contributed by atoms with Gasteiger partial charge in [-0.1, -0.05) is 0 Å². The second-order valence-electron chi connectivity index (χ2n) is 3.84. The van der Waals surface area contributed by atoms with Crippen LogP contribution < -0.4 is 0 Å². The molecular formula is C10H19NO. The Balaban J connectivity index is 2.58. The molecule has 1 fully saturated rings. The summed E-state index contributed by atoms with van der Waals surface area (Å²) in [7, 11) is 0. The summed E-state index contributed by atoms with van der Waals surface area (Å²) in [5, 5.41) is 0. The van der Waals surface area contributed by atoms with Crippen LogP contribution in [-0.2, 0) is 4.74 Å². The van der Waals surface area contributed by atoms with Crippen LogP contribution in [0.2, 0.25) is 0 Å². The molecule has 0 aromatic rings. The van der Waals surface area contributed by atoms with Gasteiger partial charge < -0.3 is 4.74 Å². The van der Waals surface area contributed by atoms with Gasteiger partial charge in [0.05, 0.1) is 6.54 Å². The van der Waals surface area contributed by atoms with Gasteiger partial charge in [0.1, 0.15) is 12.4 Å². The van der Waals surface area contributed by atoms with Crippen molar-refractivity contribution < 1.29 is 4.74 Å². The van der Waals surface area contributed by atoms with Crippen molar-refractivity contribution in [2.24, 2.45) is 0 Å². The Hall–Kier alpha value is -0.500. The number of allylic oxidation sites excluding steroid dienone is 1. The van der Waals surface area contributed by atoms with Crippen LogP contribution in [0.15, 0.2) is 11.3 Å². The van der Waals surface area contributed by atoms with E-state index in [-0.39, 0.29) is 0 Å². The maximum Gasteiger partial charge on any atom is 0.109 e. The maximum absolute atomic E-state index is 5.56. The van der Waals surface area contributed by atoms with E-state index >= 15 is 0 Å². The third-order valence-corrected chi connectivity index (χ3v) is 2.29. The van der Waals surface area contributed by atoms with Crippen molar-refractivity contribution in [2.45, 2.75) is 33.7 Å². The molecule has 12 heavy (non-hydrogen) atoms. The zero-order chi connectivity index (χ0) is 9.14. The van der Waals surface area contributed by atoms with Crippen LogP contribution >= 0.6 is 0 Å². The molecule has 0 amide bonds. The second-order valence-corrected chi connectivity index (χ2v) is 3.84. The zero-order valence-electron chi connectivity index (χ0n) is 8.55. The molecule has 1 aliphatic heterocycles. The lowest BCUT2D eigenvalue weighted by atomic mass is 10.2. The Labute approximate surface area is 75.2 Å². The molecule has 0 radical (unpaired) electrons. The molecule has 1 aliphatic rings. The van der Waals surface area contributed by atoms with E-state index in [0.29, 0.717) is 6.04 Å². The van der Waals surface area contributed by atoms with E-state index in [1.54, 1.807) is 0 Å². The van der Waals surface area contributed by atoms with Gasteiger partial charge in [0.2, 0.25) is 0 Å². The van der Waals surface area contributed by atoms with Gasteiger partial charge in [0, 0.05) is 12.6 Å². The van der Waals surface area contributed by atoms with Crippen molar-refractivity contribution in [3.8, 4) is 0 Å². The van der Waals surface area contributed by atoms with Crippen LogP contribution in [0, 0.1) is 0 Å². The molecule has 1 heterocycles. The van der Waals surface area contributed by atoms with E-state index < -0.39 is 0 Å². The molecule has 0 saturated carbocycles. The first-order valence-corrected chi connectivity index (χ1v) is 4.64. The minimum Gasteiger partial charge on any atom is -0.495 e. The predicted molar refractivity (Wildman–Crippen MR) is 51.0 cm³/mol. The molecule has 0 spiro atoms. The third kappa shape index (κ3) is 2.24. The number of hydrogen-bond acceptors (Lipinski definition) is 2. The highest BCUT2D eigenvalue weighted by molar-refractivity contribution is 5.06. The van der Waals surface area contributed by atoms with Gasteiger partial charge >= 0.3 is 0 Å². The second kappa shape index (κ2) is 3.94. The molecule has 2 heteroatoms. The topological polar surface area (TPSA) is 12.5 Å². The van der Waals surface area contributed by atoms with Crippen LogP contribution in [0.4, 0.5) is 0 Å². The zero-order valence-corrected chi connectivity index (χ0v) is 8.55. The number of rotatable bonds is 1. The first-order chi connectivity index (χ1) is 5.61. The van der Waals surface area contributed by atoms with E-state index in [4.69, 9.17) is 4.74 Å². The minimum atomic E-state index is 0.628. The van der Waals surface area contributed by atoms with Crippen LogP contribution in [0.1, 0.15) is 27.7 Å². The smallest absolute Gasteiger partial charge is 0.109 e. The monoisotopic (exact) mass is 169 g/mol. The van der Waals surface area contributed by atoms with Gasteiger partial charge in [-0.2, -0.15) is 0 Å². The summed E-state index contributed by atoms with van der Waals surface area (Å²) in [6, 6.07) is 0.628. The van der Waals surface area contributed by atoms with Crippen molar-refractivity contribution in [1.82, 2.24) is 4.90 Å². The molecule has 0 unspecified atom stereocenters. The SMILES string of the molecule is CC(C)=C1CN(C(C)C)CCO1. The number of nitrogens with zero attached hydrogens (tertiary/aromatic N) is 1. The fraction of sp³-hybridized carbons (Fsp3) is 0.800. The van der Waals surface area contributed by atoms with E-state index in [2.05, 4.69) is 32.6 Å². The highest BCUT2D eigenvalue weighted by Crippen LogP contribution is 2.14. The molecule has 0 aromatic carbocycles. The van der Waals surface area contributed by atoms with Gasteiger partial charge in [-0.05, 0) is 33.3 Å². The lowest BCUT2D eigenvalue weighted by Gasteiger charge is -2.32. The Morgan fingerprint density at radius 1 is 1.42 bits per heavy atom. The molecule has 2 nitrogen and oxygen atoms in total. The standard InChI is InChI=1S/C10H19NO/c1-8(2)10-7-11(9(3)4)5-6-12-10/h9H,5-7H2,1-4H3. The largest absolute Gasteiger partial charge is 0.495 e. The summed E-state index contributed by atoms with van der Waals surface area (Å²) in [5.74, 6) is 1.16. The first-order valence-electron chi connectivity index (χ1n) is 4.64. The van der Waals surface area contributed by atoms with Gasteiger partial charge in [-0.15, -0.1) is 0 Å². The van der Waals surface area contributed by atoms with Crippen molar-refractivity contribution in [3.05, 3.63) is 11.3 Å². The number of ether oxygens (including phenoxy) is 1. The molecule has 0 aliphatic carbocycles. The van der Waals surface area contributed by atoms with Gasteiger partial charge in [-0.25, -0.2) is 0 Å². The summed E-state index contributed by atoms with van der Waals surface area (Å²) in [5.41, 5.74) is 1.31. The summed E-state index contributed by atoms with van der Waals surface area (Å²) in [6.45, 7) is 11.6. The van der Waals surface area contributed by atoms with Crippen molar-refractivity contribution >= 4 is 0 Å². The molecule has 70 valence electrons. The Kier molecular flexibility index (Phi) is 3.15. The highest BCUT2D eigenvalue weighted by atomic mass is 16.5. The Morgan fingerprint density at radius 3 is 2.58 bits per heavy atom. The Morgan fingerprint density at radius 2 is 2.08 bits per heavy atom. The summed E-state index contributed by atoms with van der Waals surface area (Å²) >= 11 is 0. The van der Waals surface area contributed by atoms with Crippen molar-refractivity contribution in [3.63, 3.8) is 0 Å². The van der Waals surface area contributed by atoms with Crippen LogP contribution in [-0.4, -0.2) is 30.6 Å². The van der Waals surface area contributed by atoms with Gasteiger partial charge in [0.25, 0.3) is 0 Å². The van der Waals surface area contributed by atoms with Gasteiger partial charge in [-0.3, -0.25) is 4.90 Å². The first kappa shape index (κ1) is 9.59. The predicted octanol–water partition coefficient (Wildman–Crippen LogP) is 2.02. The van der Waals surface area contributed by atoms with E-state index in [0.717, 1.165) is 25.5 Å². The Bertz CT molecular complexity index is 180. The number of morpholine rings is 1. The number of hydrogen-bond donors (Lipinski definition) is 0. The molecule has 0 bridgehead atoms. The lowest BCUT2D eigenvalue weighted by molar-refractivity contribution is 0.0735. The highest BCUT2D eigenvalue weighted by Gasteiger charge is 2.17. The maximum atomic E-state index is 5.56. The molecule has 0 atom stereocenters. The summed E-state index contributed by atoms with van der Waals surface area (Å²) in [6.07, 6.45) is 0. The molecule has 1 saturated heterocycles. The average Bonchev–Trinajstić information content (AvgIpc) is 2.04. The van der Waals surface area contributed by atoms with E-state index in [1.165, 1.54) is 5.57 Å². The van der Waals surface area contributed by atoms with E-state index in [1.807, 2.05) is 0 Å². The van der Waals surface area contributed by atoms with Crippen molar-refractivity contribution in [1.29, 1.82) is 0 Å². The normalized spacial score (nSPS) is 19.6. The van der Waals surface area contributed by atoms with Gasteiger partial charge in [0.15, 0.2) is 0 Å². The van der Waals surface area contributed by atoms with Crippen molar-refractivity contribution in [2.75, 3.05) is 19.7 Å². The van der Waals surface area contributed by atoms with Crippen LogP contribution in [0.3, 0.4) is 0 Å². The fourth-order valence-corrected chi connectivity index (χ4v) is 1.34. The van der Waals surface area contributed by atoms with Crippen LogP contribution in [0.25, 0.3) is 0 Å². The minimum absolute atomic E-state index is 0.628. The quantitative estimate of drug-likeness (QED) is 0.595. The average molecular weight is 169 g/mol. The van der Waals surface area contributed by atoms with Crippen LogP contribution in [0.5, 0.6) is 0 Å². The molecular weight excluding hydrogens is 150 g/mol. The fourth-order valence-electron chi connectivity index (χ4n) is 1.34. The molecule has 0 aromatic heterocycles. The molecule has 0 N–H and O–H groups in total.